The van der Waals surface area contributed by atoms with Gasteiger partial charge in [0.1, 0.15) is 5.82 Å². The van der Waals surface area contributed by atoms with Crippen molar-refractivity contribution in [2.75, 3.05) is 22.9 Å². The van der Waals surface area contributed by atoms with E-state index in [1.165, 1.54) is 0 Å². The summed E-state index contributed by atoms with van der Waals surface area (Å²) in [7, 11) is 0. The normalized spacial score (nSPS) is 18.5. The predicted octanol–water partition coefficient (Wildman–Crippen LogP) is 5.60. The van der Waals surface area contributed by atoms with Gasteiger partial charge in [-0.25, -0.2) is 0 Å². The third-order valence-electron chi connectivity index (χ3n) is 6.35. The number of carbonyl (C=O) groups excluding carboxylic acids is 1. The van der Waals surface area contributed by atoms with Crippen molar-refractivity contribution in [1.82, 2.24) is 0 Å². The zero-order valence-electron chi connectivity index (χ0n) is 18.4. The van der Waals surface area contributed by atoms with Gasteiger partial charge in [0.15, 0.2) is 5.78 Å². The Morgan fingerprint density at radius 2 is 1.75 bits per heavy atom. The molecule has 0 radical (unpaired) electrons. The fourth-order valence-corrected chi connectivity index (χ4v) is 5.04. The number of nitrogens with two attached hydrogens (primary N) is 1. The van der Waals surface area contributed by atoms with Crippen molar-refractivity contribution >= 4 is 33.1 Å². The SMILES string of the molecule is CCN(CC)c1ccc([C@H]2C(C#N)=C(N)N(c3ccc(Br)cc3)C3=C2C(=O)CCC3)cc1. The minimum Gasteiger partial charge on any atom is -0.384 e. The molecule has 0 fully saturated rings. The second-order valence-electron chi connectivity index (χ2n) is 8.06. The van der Waals surface area contributed by atoms with Crippen LogP contribution in [0, 0.1) is 11.3 Å². The van der Waals surface area contributed by atoms with Crippen LogP contribution in [-0.2, 0) is 4.79 Å². The van der Waals surface area contributed by atoms with Gasteiger partial charge >= 0.3 is 0 Å². The molecule has 0 bridgehead atoms. The van der Waals surface area contributed by atoms with Gasteiger partial charge in [0.05, 0.1) is 17.6 Å². The van der Waals surface area contributed by atoms with E-state index in [0.717, 1.165) is 53.0 Å². The van der Waals surface area contributed by atoms with Crippen LogP contribution < -0.4 is 15.5 Å². The van der Waals surface area contributed by atoms with E-state index in [2.05, 4.69) is 52.9 Å². The van der Waals surface area contributed by atoms with E-state index < -0.39 is 5.92 Å². The van der Waals surface area contributed by atoms with Gasteiger partial charge in [-0.05, 0) is 68.7 Å². The van der Waals surface area contributed by atoms with Crippen molar-refractivity contribution in [3.05, 3.63) is 81.2 Å². The highest BCUT2D eigenvalue weighted by atomic mass is 79.9. The number of carbonyl (C=O) groups is 1. The summed E-state index contributed by atoms with van der Waals surface area (Å²) < 4.78 is 0.960. The van der Waals surface area contributed by atoms with Gasteiger partial charge < -0.3 is 10.6 Å². The minimum absolute atomic E-state index is 0.103. The van der Waals surface area contributed by atoms with Crippen LogP contribution in [0.15, 0.2) is 75.7 Å². The topological polar surface area (TPSA) is 73.4 Å². The summed E-state index contributed by atoms with van der Waals surface area (Å²) in [6, 6.07) is 18.3. The van der Waals surface area contributed by atoms with Crippen molar-refractivity contribution in [3.8, 4) is 6.07 Å². The lowest BCUT2D eigenvalue weighted by atomic mass is 9.75. The van der Waals surface area contributed by atoms with Crippen LogP contribution in [0.2, 0.25) is 0 Å². The molecular formula is C26H27BrN4O. The average Bonchev–Trinajstić information content (AvgIpc) is 2.81. The van der Waals surface area contributed by atoms with Crippen molar-refractivity contribution in [2.45, 2.75) is 39.0 Å². The summed E-state index contributed by atoms with van der Waals surface area (Å²) in [6.45, 7) is 6.10. The highest BCUT2D eigenvalue weighted by Crippen LogP contribution is 2.46. The number of allylic oxidation sites excluding steroid dienone is 3. The smallest absolute Gasteiger partial charge is 0.161 e. The van der Waals surface area contributed by atoms with Gasteiger partial charge in [0.2, 0.25) is 0 Å². The zero-order valence-corrected chi connectivity index (χ0v) is 20.0. The number of anilines is 2. The number of halogens is 1. The third-order valence-corrected chi connectivity index (χ3v) is 6.88. The average molecular weight is 491 g/mol. The second-order valence-corrected chi connectivity index (χ2v) is 8.97. The van der Waals surface area contributed by atoms with E-state index in [0.29, 0.717) is 23.4 Å². The lowest BCUT2D eigenvalue weighted by Crippen LogP contribution is -2.38. The Balaban J connectivity index is 1.86. The number of benzene rings is 2. The molecule has 0 spiro atoms. The van der Waals surface area contributed by atoms with Crippen LogP contribution in [0.5, 0.6) is 0 Å². The van der Waals surface area contributed by atoms with Gasteiger partial charge in [-0.1, -0.05) is 28.1 Å². The number of hydrogen-bond donors (Lipinski definition) is 1. The summed E-state index contributed by atoms with van der Waals surface area (Å²) in [6.07, 6.45) is 2.04. The van der Waals surface area contributed by atoms with E-state index in [4.69, 9.17) is 5.73 Å². The van der Waals surface area contributed by atoms with E-state index in [-0.39, 0.29) is 5.78 Å². The van der Waals surface area contributed by atoms with Crippen LogP contribution in [0.3, 0.4) is 0 Å². The summed E-state index contributed by atoms with van der Waals surface area (Å²) in [4.78, 5) is 17.4. The number of nitriles is 1. The molecule has 0 amide bonds. The molecule has 32 heavy (non-hydrogen) atoms. The zero-order chi connectivity index (χ0) is 22.8. The molecule has 164 valence electrons. The third kappa shape index (κ3) is 3.82. The molecule has 1 aliphatic carbocycles. The molecular weight excluding hydrogens is 464 g/mol. The van der Waals surface area contributed by atoms with Gasteiger partial charge in [0.25, 0.3) is 0 Å². The second kappa shape index (κ2) is 9.22. The Kier molecular flexibility index (Phi) is 6.38. The molecule has 6 heteroatoms. The Morgan fingerprint density at radius 3 is 2.34 bits per heavy atom. The van der Waals surface area contributed by atoms with Gasteiger partial charge in [-0.15, -0.1) is 0 Å². The number of hydrogen-bond acceptors (Lipinski definition) is 5. The Bertz CT molecular complexity index is 1120. The van der Waals surface area contributed by atoms with E-state index in [1.54, 1.807) is 0 Å². The van der Waals surface area contributed by atoms with Crippen LogP contribution >= 0.6 is 15.9 Å². The van der Waals surface area contributed by atoms with Crippen LogP contribution in [0.1, 0.15) is 44.6 Å². The highest BCUT2D eigenvalue weighted by molar-refractivity contribution is 9.10. The fraction of sp³-hybridized carbons (Fsp3) is 0.308. The molecule has 2 N–H and O–H groups in total. The van der Waals surface area contributed by atoms with Crippen molar-refractivity contribution in [3.63, 3.8) is 0 Å². The molecule has 0 saturated heterocycles. The van der Waals surface area contributed by atoms with Gasteiger partial charge in [-0.3, -0.25) is 9.69 Å². The summed E-state index contributed by atoms with van der Waals surface area (Å²) in [5.41, 5.74) is 11.6. The molecule has 0 aromatic heterocycles. The minimum atomic E-state index is -0.430. The summed E-state index contributed by atoms with van der Waals surface area (Å²) in [5, 5.41) is 10.1. The van der Waals surface area contributed by atoms with Crippen LogP contribution in [-0.4, -0.2) is 18.9 Å². The number of nitrogens with zero attached hydrogens (tertiary/aromatic N) is 3. The first-order valence-electron chi connectivity index (χ1n) is 11.1. The van der Waals surface area contributed by atoms with E-state index in [9.17, 15) is 10.1 Å². The van der Waals surface area contributed by atoms with Crippen molar-refractivity contribution < 1.29 is 4.79 Å². The van der Waals surface area contributed by atoms with Gasteiger partial charge in [0, 0.05) is 46.6 Å². The predicted molar refractivity (Wildman–Crippen MR) is 132 cm³/mol. The molecule has 1 aliphatic heterocycles. The van der Waals surface area contributed by atoms with Gasteiger partial charge in [-0.2, -0.15) is 5.26 Å². The Hall–Kier alpha value is -3.04. The lowest BCUT2D eigenvalue weighted by Gasteiger charge is -2.39. The summed E-state index contributed by atoms with van der Waals surface area (Å²) >= 11 is 3.47. The fourth-order valence-electron chi connectivity index (χ4n) is 4.77. The first-order chi connectivity index (χ1) is 15.5. The maximum absolute atomic E-state index is 13.2. The maximum Gasteiger partial charge on any atom is 0.161 e. The van der Waals surface area contributed by atoms with Crippen molar-refractivity contribution in [1.29, 1.82) is 5.26 Å². The molecule has 2 aromatic carbocycles. The summed E-state index contributed by atoms with van der Waals surface area (Å²) in [5.74, 6) is 0.0766. The molecule has 2 aliphatic rings. The molecule has 5 nitrogen and oxygen atoms in total. The molecule has 0 unspecified atom stereocenters. The molecule has 4 rings (SSSR count). The van der Waals surface area contributed by atoms with E-state index >= 15 is 0 Å². The Labute approximate surface area is 197 Å². The standard InChI is InChI=1S/C26H27BrN4O/c1-3-30(4-2)19-12-8-17(9-13-19)24-21(16-28)26(29)31(20-14-10-18(27)11-15-20)22-6-5-7-23(32)25(22)24/h8-15,24H,3-7,29H2,1-2H3/t24-/m0/s1. The molecule has 1 atom stereocenters. The highest BCUT2D eigenvalue weighted by Gasteiger charge is 2.40. The van der Waals surface area contributed by atoms with E-state index in [1.807, 2.05) is 41.3 Å². The molecule has 1 heterocycles. The monoisotopic (exact) mass is 490 g/mol. The van der Waals surface area contributed by atoms with Crippen LogP contribution in [0.4, 0.5) is 11.4 Å². The Morgan fingerprint density at radius 1 is 1.09 bits per heavy atom. The maximum atomic E-state index is 13.2. The molecule has 2 aromatic rings. The number of ketones is 1. The number of rotatable bonds is 5. The molecule has 0 saturated carbocycles. The first kappa shape index (κ1) is 22.2. The van der Waals surface area contributed by atoms with Crippen molar-refractivity contribution in [2.24, 2.45) is 5.73 Å². The van der Waals surface area contributed by atoms with Crippen LogP contribution in [0.25, 0.3) is 0 Å². The quantitative estimate of drug-likeness (QED) is 0.590. The number of Topliss-reactive ketones (excluding diaryl/α,β-unsaturated/α-hetero) is 1. The first-order valence-corrected chi connectivity index (χ1v) is 11.9. The largest absolute Gasteiger partial charge is 0.384 e. The lowest BCUT2D eigenvalue weighted by molar-refractivity contribution is -0.116.